The number of hydrogen-bond acceptors (Lipinski definition) is 8. The van der Waals surface area contributed by atoms with Crippen molar-refractivity contribution in [1.82, 2.24) is 0 Å². The van der Waals surface area contributed by atoms with E-state index in [2.05, 4.69) is 0 Å². The zero-order chi connectivity index (χ0) is 14.9. The van der Waals surface area contributed by atoms with Crippen molar-refractivity contribution in [2.24, 2.45) is 11.5 Å². The molecule has 2 atom stereocenters. The van der Waals surface area contributed by atoms with E-state index in [4.69, 9.17) is 21.7 Å². The summed E-state index contributed by atoms with van der Waals surface area (Å²) in [7, 11) is 0. The van der Waals surface area contributed by atoms with Crippen LogP contribution in [0.1, 0.15) is 12.8 Å². The second-order valence-electron chi connectivity index (χ2n) is 3.05. The standard InChI is InChI=1S/2C4H7NO4.Cu/c2*5-2(4(8)9)1-3(6)7;/h2*2H,1,5H2,(H,6,7)(H,8,9);/q;;+2/p-2/t2*2-;/m00./s1. The summed E-state index contributed by atoms with van der Waals surface area (Å²) < 4.78 is 0. The summed E-state index contributed by atoms with van der Waals surface area (Å²) in [5.41, 5.74) is 9.55. The number of carbonyl (C=O) groups is 4. The van der Waals surface area contributed by atoms with Crippen LogP contribution in [0.2, 0.25) is 0 Å². The SMILES string of the molecule is N[C@@H](CC(=O)O)C(=O)[O-].N[C@@H](CC(=O)O)C(=O)[O-].[Cu+2]. The third-order valence-corrected chi connectivity index (χ3v) is 1.39. The van der Waals surface area contributed by atoms with Crippen LogP contribution in [0.5, 0.6) is 0 Å². The zero-order valence-corrected chi connectivity index (χ0v) is 10.3. The molecule has 0 aromatic heterocycles. The second-order valence-corrected chi connectivity index (χ2v) is 3.05. The van der Waals surface area contributed by atoms with Gasteiger partial charge in [-0.3, -0.25) is 9.59 Å². The normalized spacial score (nSPS) is 11.9. The molecule has 0 fully saturated rings. The van der Waals surface area contributed by atoms with Crippen molar-refractivity contribution in [2.45, 2.75) is 24.9 Å². The molecule has 0 aromatic carbocycles. The third-order valence-electron chi connectivity index (χ3n) is 1.39. The van der Waals surface area contributed by atoms with E-state index >= 15 is 0 Å². The maximum absolute atomic E-state index is 9.74. The molecule has 0 saturated heterocycles. The fraction of sp³-hybridized carbons (Fsp3) is 0.500. The molecule has 0 aliphatic carbocycles. The van der Waals surface area contributed by atoms with Crippen molar-refractivity contribution in [1.29, 1.82) is 0 Å². The van der Waals surface area contributed by atoms with Crippen molar-refractivity contribution in [2.75, 3.05) is 0 Å². The van der Waals surface area contributed by atoms with Crippen molar-refractivity contribution >= 4 is 23.9 Å². The molecule has 6 N–H and O–H groups in total. The molecule has 10 nitrogen and oxygen atoms in total. The van der Waals surface area contributed by atoms with Gasteiger partial charge >= 0.3 is 29.0 Å². The summed E-state index contributed by atoms with van der Waals surface area (Å²) in [6.07, 6.45) is -1.19. The number of carboxylic acid groups (broad SMARTS) is 4. The first-order valence-corrected chi connectivity index (χ1v) is 4.44. The monoisotopic (exact) mass is 327 g/mol. The zero-order valence-electron chi connectivity index (χ0n) is 9.37. The predicted octanol–water partition coefficient (Wildman–Crippen LogP) is -4.93. The minimum atomic E-state index is -1.54. The first-order chi connectivity index (χ1) is 8.07. The summed E-state index contributed by atoms with van der Waals surface area (Å²) in [6.45, 7) is 0. The van der Waals surface area contributed by atoms with Gasteiger partial charge in [0.25, 0.3) is 0 Å². The summed E-state index contributed by atoms with van der Waals surface area (Å²) in [5, 5.41) is 35.4. The maximum atomic E-state index is 9.74. The number of aliphatic carboxylic acids is 4. The predicted molar refractivity (Wildman–Crippen MR) is 50.5 cm³/mol. The molecule has 0 spiro atoms. The smallest absolute Gasteiger partial charge is 0.548 e. The summed E-state index contributed by atoms with van der Waals surface area (Å²) >= 11 is 0. The molecule has 0 aliphatic heterocycles. The van der Waals surface area contributed by atoms with Crippen LogP contribution in [0.4, 0.5) is 0 Å². The fourth-order valence-corrected chi connectivity index (χ4v) is 0.543. The van der Waals surface area contributed by atoms with Gasteiger partial charge in [0, 0.05) is 0 Å². The van der Waals surface area contributed by atoms with Crippen LogP contribution in [0.15, 0.2) is 0 Å². The number of carboxylic acids is 4. The van der Waals surface area contributed by atoms with Crippen LogP contribution in [0, 0.1) is 0 Å². The van der Waals surface area contributed by atoms with Crippen molar-refractivity contribution in [3.05, 3.63) is 0 Å². The van der Waals surface area contributed by atoms with Gasteiger partial charge in [0.05, 0.1) is 36.9 Å². The molecule has 19 heavy (non-hydrogen) atoms. The molecule has 0 amide bonds. The molecule has 0 aromatic rings. The Bertz CT molecular complexity index is 303. The third kappa shape index (κ3) is 16.3. The van der Waals surface area contributed by atoms with Gasteiger partial charge in [-0.25, -0.2) is 0 Å². The summed E-state index contributed by atoms with van der Waals surface area (Å²) in [4.78, 5) is 39.0. The van der Waals surface area contributed by atoms with E-state index in [1.165, 1.54) is 0 Å². The van der Waals surface area contributed by atoms with E-state index in [0.29, 0.717) is 0 Å². The van der Waals surface area contributed by atoms with Crippen LogP contribution in [0.25, 0.3) is 0 Å². The molecule has 0 aliphatic rings. The van der Waals surface area contributed by atoms with Gasteiger partial charge < -0.3 is 41.5 Å². The van der Waals surface area contributed by atoms with Gasteiger partial charge in [-0.2, -0.15) is 0 Å². The molecule has 0 unspecified atom stereocenters. The van der Waals surface area contributed by atoms with E-state index < -0.39 is 48.8 Å². The van der Waals surface area contributed by atoms with Gasteiger partial charge in [-0.1, -0.05) is 0 Å². The molecule has 0 heterocycles. The maximum Gasteiger partial charge on any atom is 2.00 e. The van der Waals surface area contributed by atoms with Crippen LogP contribution >= 0.6 is 0 Å². The van der Waals surface area contributed by atoms with Crippen LogP contribution in [0.3, 0.4) is 0 Å². The molecule has 0 bridgehead atoms. The first kappa shape index (κ1) is 22.5. The van der Waals surface area contributed by atoms with E-state index in [0.717, 1.165) is 0 Å². The van der Waals surface area contributed by atoms with Crippen molar-refractivity contribution in [3.8, 4) is 0 Å². The minimum Gasteiger partial charge on any atom is -0.548 e. The van der Waals surface area contributed by atoms with Crippen molar-refractivity contribution in [3.63, 3.8) is 0 Å². The topological polar surface area (TPSA) is 207 Å². The average Bonchev–Trinajstić information content (AvgIpc) is 2.16. The average molecular weight is 328 g/mol. The van der Waals surface area contributed by atoms with E-state index in [-0.39, 0.29) is 17.1 Å². The molecule has 11 heteroatoms. The number of hydrogen-bond donors (Lipinski definition) is 4. The Balaban J connectivity index is -0.000000256. The van der Waals surface area contributed by atoms with Gasteiger partial charge in [-0.05, 0) is 0 Å². The second kappa shape index (κ2) is 11.4. The molecule has 113 valence electrons. The largest absolute Gasteiger partial charge is 2.00 e. The number of nitrogens with two attached hydrogens (primary N) is 2. The quantitative estimate of drug-likeness (QED) is 0.341. The van der Waals surface area contributed by atoms with Crippen LogP contribution in [-0.2, 0) is 36.2 Å². The van der Waals surface area contributed by atoms with Crippen molar-refractivity contribution < 1.29 is 56.7 Å². The van der Waals surface area contributed by atoms with E-state index in [1.807, 2.05) is 0 Å². The summed E-state index contributed by atoms with van der Waals surface area (Å²) in [6, 6.07) is -2.80. The fourth-order valence-electron chi connectivity index (χ4n) is 0.543. The Morgan fingerprint density at radius 1 is 0.842 bits per heavy atom. The van der Waals surface area contributed by atoms with Gasteiger partial charge in [0.2, 0.25) is 0 Å². The van der Waals surface area contributed by atoms with Crippen LogP contribution < -0.4 is 21.7 Å². The molecule has 0 rings (SSSR count). The number of rotatable bonds is 6. The first-order valence-electron chi connectivity index (χ1n) is 4.44. The van der Waals surface area contributed by atoms with E-state index in [9.17, 15) is 29.4 Å². The molecular formula is C8H12CuN2O8. The molecule has 0 saturated carbocycles. The number of carbonyl (C=O) groups excluding carboxylic acids is 2. The molecule has 1 radical (unpaired) electrons. The minimum absolute atomic E-state index is 0. The Hall–Kier alpha value is -1.68. The van der Waals surface area contributed by atoms with Crippen LogP contribution in [-0.4, -0.2) is 46.2 Å². The Labute approximate surface area is 117 Å². The van der Waals surface area contributed by atoms with E-state index in [1.54, 1.807) is 0 Å². The Kier molecular flexibility index (Phi) is 13.5. The Morgan fingerprint density at radius 2 is 1.05 bits per heavy atom. The molecular weight excluding hydrogens is 316 g/mol. The van der Waals surface area contributed by atoms with Gasteiger partial charge in [0.15, 0.2) is 0 Å². The summed E-state index contributed by atoms with van der Waals surface area (Å²) in [5.74, 6) is -5.58. The van der Waals surface area contributed by atoms with Gasteiger partial charge in [0.1, 0.15) is 0 Å². The Morgan fingerprint density at radius 3 is 1.11 bits per heavy atom. The van der Waals surface area contributed by atoms with Gasteiger partial charge in [-0.15, -0.1) is 0 Å².